The molecule has 0 radical (unpaired) electrons. The number of nitrogens with zero attached hydrogens (tertiary/aromatic N) is 1. The fraction of sp³-hybridized carbons (Fsp3) is 0.476. The first kappa shape index (κ1) is 19.8. The van der Waals surface area contributed by atoms with Gasteiger partial charge < -0.3 is 10.1 Å². The average molecular weight is 406 g/mol. The van der Waals surface area contributed by atoms with Crippen molar-refractivity contribution in [1.29, 1.82) is 0 Å². The number of rotatable bonds is 5. The first-order valence-electron chi connectivity index (χ1n) is 9.74. The number of ether oxygens (including phenoxy) is 1. The fourth-order valence-electron chi connectivity index (χ4n) is 3.75. The Labute approximate surface area is 165 Å². The number of pyridine rings is 1. The third kappa shape index (κ3) is 4.27. The van der Waals surface area contributed by atoms with Gasteiger partial charge in [-0.15, -0.1) is 0 Å². The van der Waals surface area contributed by atoms with E-state index in [1.165, 1.54) is 6.07 Å². The van der Waals surface area contributed by atoms with Crippen LogP contribution in [-0.2, 0) is 10.9 Å². The summed E-state index contributed by atoms with van der Waals surface area (Å²) in [4.78, 5) is 28.1. The van der Waals surface area contributed by atoms with Gasteiger partial charge in [0.15, 0.2) is 6.29 Å². The minimum absolute atomic E-state index is 0.0362. The van der Waals surface area contributed by atoms with Gasteiger partial charge in [0.2, 0.25) is 0 Å². The summed E-state index contributed by atoms with van der Waals surface area (Å²) in [5.41, 5.74) is -0.868. The van der Waals surface area contributed by atoms with Gasteiger partial charge in [0.05, 0.1) is 17.7 Å². The van der Waals surface area contributed by atoms with Crippen LogP contribution in [0.1, 0.15) is 63.6 Å². The molecule has 1 N–H and O–H groups in total. The van der Waals surface area contributed by atoms with E-state index in [4.69, 9.17) is 4.74 Å². The summed E-state index contributed by atoms with van der Waals surface area (Å²) in [7, 11) is 0. The predicted molar refractivity (Wildman–Crippen MR) is 100.0 cm³/mol. The molecule has 29 heavy (non-hydrogen) atoms. The van der Waals surface area contributed by atoms with Crippen molar-refractivity contribution in [2.75, 3.05) is 19.8 Å². The number of hydrogen-bond donors (Lipinski definition) is 1. The van der Waals surface area contributed by atoms with Crippen LogP contribution in [0.25, 0.3) is 10.9 Å². The number of carbonyl (C=O) groups is 2. The largest absolute Gasteiger partial charge is 0.418 e. The molecule has 154 valence electrons. The second-order valence-corrected chi connectivity index (χ2v) is 7.74. The van der Waals surface area contributed by atoms with Crippen LogP contribution in [-0.4, -0.2) is 36.9 Å². The maximum atomic E-state index is 13.7. The van der Waals surface area contributed by atoms with Crippen LogP contribution in [0.2, 0.25) is 0 Å². The van der Waals surface area contributed by atoms with Gasteiger partial charge in [-0.3, -0.25) is 9.59 Å². The van der Waals surface area contributed by atoms with E-state index < -0.39 is 17.6 Å². The average Bonchev–Trinajstić information content (AvgIpc) is 3.55. The van der Waals surface area contributed by atoms with E-state index in [0.29, 0.717) is 31.6 Å². The first-order valence-corrected chi connectivity index (χ1v) is 9.74. The van der Waals surface area contributed by atoms with Gasteiger partial charge in [-0.05, 0) is 61.3 Å². The quantitative estimate of drug-likeness (QED) is 0.759. The zero-order valence-electron chi connectivity index (χ0n) is 15.7. The molecular formula is C21H21F3N2O3. The van der Waals surface area contributed by atoms with Crippen molar-refractivity contribution in [3.63, 3.8) is 0 Å². The highest BCUT2D eigenvalue weighted by molar-refractivity contribution is 6.03. The summed E-state index contributed by atoms with van der Waals surface area (Å²) >= 11 is 0. The summed E-state index contributed by atoms with van der Waals surface area (Å²) < 4.78 is 46.5. The molecule has 1 aromatic heterocycles. The number of hydrogen-bond acceptors (Lipinski definition) is 4. The topological polar surface area (TPSA) is 68.3 Å². The van der Waals surface area contributed by atoms with Gasteiger partial charge in [0.1, 0.15) is 5.69 Å². The first-order chi connectivity index (χ1) is 13.9. The SMILES string of the molecule is O=Cc1cc(C(=O)NCC2CCCOC2)nc2c(C(F)(F)F)cc(C3CC3)cc12. The number of alkyl halides is 3. The molecule has 0 spiro atoms. The predicted octanol–water partition coefficient (Wildman–Crippen LogP) is 4.10. The summed E-state index contributed by atoms with van der Waals surface area (Å²) in [5, 5.41) is 2.84. The summed E-state index contributed by atoms with van der Waals surface area (Å²) in [6, 6.07) is 3.96. The van der Waals surface area contributed by atoms with Gasteiger partial charge >= 0.3 is 6.18 Å². The van der Waals surface area contributed by atoms with Crippen LogP contribution in [0, 0.1) is 5.92 Å². The van der Waals surface area contributed by atoms with Crippen molar-refractivity contribution in [2.24, 2.45) is 5.92 Å². The van der Waals surface area contributed by atoms with E-state index in [1.807, 2.05) is 0 Å². The van der Waals surface area contributed by atoms with Crippen molar-refractivity contribution in [3.8, 4) is 0 Å². The fourth-order valence-corrected chi connectivity index (χ4v) is 3.75. The molecule has 2 heterocycles. The Kier molecular flexibility index (Phi) is 5.29. The van der Waals surface area contributed by atoms with E-state index in [9.17, 15) is 22.8 Å². The molecule has 1 aromatic carbocycles. The lowest BCUT2D eigenvalue weighted by Crippen LogP contribution is -2.33. The highest BCUT2D eigenvalue weighted by atomic mass is 19.4. The van der Waals surface area contributed by atoms with E-state index in [-0.39, 0.29) is 34.0 Å². The van der Waals surface area contributed by atoms with Crippen molar-refractivity contribution in [1.82, 2.24) is 10.3 Å². The van der Waals surface area contributed by atoms with Crippen LogP contribution in [0.3, 0.4) is 0 Å². The number of aldehydes is 1. The summed E-state index contributed by atoms with van der Waals surface area (Å²) in [6.45, 7) is 1.58. The van der Waals surface area contributed by atoms with Crippen molar-refractivity contribution >= 4 is 23.1 Å². The summed E-state index contributed by atoms with van der Waals surface area (Å²) in [5.74, 6) is -0.355. The van der Waals surface area contributed by atoms with E-state index in [1.54, 1.807) is 6.07 Å². The number of aromatic nitrogens is 1. The van der Waals surface area contributed by atoms with Crippen LogP contribution in [0.15, 0.2) is 18.2 Å². The number of nitrogens with one attached hydrogen (secondary N) is 1. The molecule has 1 unspecified atom stereocenters. The highest BCUT2D eigenvalue weighted by Crippen LogP contribution is 2.44. The standard InChI is InChI=1S/C21H21F3N2O3/c22-21(23,24)17-7-14(13-3-4-13)6-16-15(10-27)8-18(26-19(16)17)20(28)25-9-12-2-1-5-29-11-12/h6-8,10,12-13H,1-5,9,11H2,(H,25,28). The zero-order valence-corrected chi connectivity index (χ0v) is 15.7. The highest BCUT2D eigenvalue weighted by Gasteiger charge is 2.36. The third-order valence-electron chi connectivity index (χ3n) is 5.49. The lowest BCUT2D eigenvalue weighted by atomic mass is 9.98. The Balaban J connectivity index is 1.70. The number of carbonyl (C=O) groups excluding carboxylic acids is 2. The molecule has 1 saturated carbocycles. The molecular weight excluding hydrogens is 385 g/mol. The second kappa shape index (κ2) is 7.74. The van der Waals surface area contributed by atoms with Gasteiger partial charge in [-0.1, -0.05) is 0 Å². The van der Waals surface area contributed by atoms with Gasteiger partial charge in [-0.25, -0.2) is 4.98 Å². The lowest BCUT2D eigenvalue weighted by Gasteiger charge is -2.22. The van der Waals surface area contributed by atoms with Crippen LogP contribution >= 0.6 is 0 Å². The van der Waals surface area contributed by atoms with E-state index >= 15 is 0 Å². The summed E-state index contributed by atoms with van der Waals surface area (Å²) in [6.07, 6.45) is -0.678. The molecule has 8 heteroatoms. The molecule has 1 atom stereocenters. The monoisotopic (exact) mass is 406 g/mol. The molecule has 0 bridgehead atoms. The Morgan fingerprint density at radius 2 is 2.03 bits per heavy atom. The molecule has 1 amide bonds. The Morgan fingerprint density at radius 1 is 1.24 bits per heavy atom. The maximum absolute atomic E-state index is 13.7. The minimum Gasteiger partial charge on any atom is -0.381 e. The van der Waals surface area contributed by atoms with Crippen molar-refractivity contribution in [3.05, 3.63) is 40.6 Å². The van der Waals surface area contributed by atoms with Crippen LogP contribution < -0.4 is 5.32 Å². The second-order valence-electron chi connectivity index (χ2n) is 7.74. The molecule has 1 aliphatic heterocycles. The molecule has 4 rings (SSSR count). The molecule has 5 nitrogen and oxygen atoms in total. The molecule has 2 aromatic rings. The van der Waals surface area contributed by atoms with Crippen LogP contribution in [0.4, 0.5) is 13.2 Å². The Morgan fingerprint density at radius 3 is 2.66 bits per heavy atom. The molecule has 2 fully saturated rings. The Hall–Kier alpha value is -2.48. The van der Waals surface area contributed by atoms with Gasteiger partial charge in [0.25, 0.3) is 5.91 Å². The molecule has 1 saturated heterocycles. The maximum Gasteiger partial charge on any atom is 0.418 e. The molecule has 1 aliphatic carbocycles. The normalized spacial score (nSPS) is 19.9. The van der Waals surface area contributed by atoms with Crippen molar-refractivity contribution in [2.45, 2.75) is 37.8 Å². The third-order valence-corrected chi connectivity index (χ3v) is 5.49. The number of amides is 1. The van der Waals surface area contributed by atoms with Crippen molar-refractivity contribution < 1.29 is 27.5 Å². The van der Waals surface area contributed by atoms with Gasteiger partial charge in [0, 0.05) is 24.1 Å². The zero-order chi connectivity index (χ0) is 20.6. The Bertz CT molecular complexity index is 948. The number of fused-ring (bicyclic) bond motifs is 1. The smallest absolute Gasteiger partial charge is 0.381 e. The number of benzene rings is 1. The minimum atomic E-state index is -4.63. The molecule has 2 aliphatic rings. The van der Waals surface area contributed by atoms with E-state index in [0.717, 1.165) is 31.7 Å². The lowest BCUT2D eigenvalue weighted by molar-refractivity contribution is -0.136. The van der Waals surface area contributed by atoms with Gasteiger partial charge in [-0.2, -0.15) is 13.2 Å². The van der Waals surface area contributed by atoms with E-state index in [2.05, 4.69) is 10.3 Å². The number of halogens is 3. The van der Waals surface area contributed by atoms with Crippen LogP contribution in [0.5, 0.6) is 0 Å².